The van der Waals surface area contributed by atoms with Crippen LogP contribution in [0.2, 0.25) is 5.02 Å². The number of fused-ring (bicyclic) bond motifs is 1. The fourth-order valence-corrected chi connectivity index (χ4v) is 5.97. The van der Waals surface area contributed by atoms with Crippen molar-refractivity contribution in [2.24, 2.45) is 0 Å². The van der Waals surface area contributed by atoms with E-state index < -0.39 is 49.8 Å². The minimum atomic E-state index is -4.27. The number of nitrogen functional groups attached to an aromatic ring is 1. The van der Waals surface area contributed by atoms with Crippen LogP contribution in [0.4, 0.5) is 5.82 Å². The van der Waals surface area contributed by atoms with Crippen molar-refractivity contribution in [3.05, 3.63) is 53.4 Å². The molecule has 3 aromatic rings. The van der Waals surface area contributed by atoms with Gasteiger partial charge in [-0.3, -0.25) is 9.32 Å². The first-order valence-corrected chi connectivity index (χ1v) is 14.0. The molecule has 15 heteroatoms. The summed E-state index contributed by atoms with van der Waals surface area (Å²) in [4.78, 5) is 16.2. The van der Waals surface area contributed by atoms with Crippen molar-refractivity contribution in [1.82, 2.24) is 19.7 Å². The molecule has 5 N–H and O–H groups in total. The zero-order chi connectivity index (χ0) is 28.6. The number of aliphatic hydroxyl groups excluding tert-OH is 1. The van der Waals surface area contributed by atoms with Gasteiger partial charge in [0.25, 0.3) is 0 Å². The highest BCUT2D eigenvalue weighted by atomic mass is 35.5. The second-order valence-corrected chi connectivity index (χ2v) is 11.5. The summed E-state index contributed by atoms with van der Waals surface area (Å²) < 4.78 is 37.7. The van der Waals surface area contributed by atoms with Crippen LogP contribution >= 0.6 is 19.3 Å². The largest absolute Gasteiger partial charge is 0.465 e. The third-order valence-electron chi connectivity index (χ3n) is 6.69. The summed E-state index contributed by atoms with van der Waals surface area (Å²) in [7, 11) is -4.27. The van der Waals surface area contributed by atoms with E-state index in [1.807, 2.05) is 0 Å². The predicted molar refractivity (Wildman–Crippen MR) is 141 cm³/mol. The summed E-state index contributed by atoms with van der Waals surface area (Å²) >= 11 is 5.93. The fraction of sp³-hybridized carbons (Fsp3) is 0.458. The molecule has 13 nitrogen and oxygen atoms in total. The van der Waals surface area contributed by atoms with E-state index in [1.54, 1.807) is 26.0 Å². The molecule has 2 aromatic heterocycles. The van der Waals surface area contributed by atoms with Gasteiger partial charge in [-0.05, 0) is 64.1 Å². The summed E-state index contributed by atoms with van der Waals surface area (Å²) in [5.41, 5.74) is 3.48. The smallest absolute Gasteiger partial charge is 0.459 e. The van der Waals surface area contributed by atoms with Crippen LogP contribution in [0, 0.1) is 0 Å². The van der Waals surface area contributed by atoms with Gasteiger partial charge in [0.15, 0.2) is 5.82 Å². The summed E-state index contributed by atoms with van der Waals surface area (Å²) in [5.74, 6) is -0.303. The van der Waals surface area contributed by atoms with Crippen LogP contribution in [0.15, 0.2) is 42.7 Å². The standard InChI is InChI=1S/C24H31ClN5O8P/c1-5-35-22(32)14(2)29-39(34,38-16-8-6-15(25)7-9-16)36-12-18-20(31)23(3,33)24(4,37-18)19-11-10-17-21(26)27-13-28-30(17)19/h6-11,13-14,18,20,31,33H,5,12H2,1-4H3,(H,29,34)(H2,26,27,28)/t14-,18+,20+,23+,24-,39?/m0/s1. The number of esters is 1. The number of nitrogens with zero attached hydrogens (tertiary/aromatic N) is 3. The highest BCUT2D eigenvalue weighted by Gasteiger charge is 2.62. The molecule has 0 amide bonds. The van der Waals surface area contributed by atoms with E-state index in [9.17, 15) is 19.6 Å². The monoisotopic (exact) mass is 583 g/mol. The van der Waals surface area contributed by atoms with E-state index in [1.165, 1.54) is 49.0 Å². The second-order valence-electron chi connectivity index (χ2n) is 9.38. The minimum Gasteiger partial charge on any atom is -0.465 e. The quantitative estimate of drug-likeness (QED) is 0.202. The fourth-order valence-electron chi connectivity index (χ4n) is 4.34. The van der Waals surface area contributed by atoms with Crippen LogP contribution in [0.3, 0.4) is 0 Å². The molecule has 212 valence electrons. The Morgan fingerprint density at radius 3 is 2.67 bits per heavy atom. The van der Waals surface area contributed by atoms with Crippen LogP contribution in [-0.4, -0.2) is 67.8 Å². The molecule has 1 fully saturated rings. The molecule has 4 rings (SSSR count). The first kappa shape index (κ1) is 29.2. The second kappa shape index (κ2) is 11.0. The maximum atomic E-state index is 13.8. The molecule has 0 spiro atoms. The number of anilines is 1. The highest BCUT2D eigenvalue weighted by molar-refractivity contribution is 7.52. The molecule has 1 aliphatic heterocycles. The summed E-state index contributed by atoms with van der Waals surface area (Å²) in [6, 6.07) is 8.26. The third-order valence-corrected chi connectivity index (χ3v) is 8.59. The number of aromatic nitrogens is 3. The number of aliphatic hydroxyl groups is 2. The number of rotatable bonds is 10. The maximum absolute atomic E-state index is 13.8. The van der Waals surface area contributed by atoms with Gasteiger partial charge < -0.3 is 29.9 Å². The lowest BCUT2D eigenvalue weighted by Gasteiger charge is -2.35. The average Bonchev–Trinajstić information content (AvgIpc) is 3.39. The molecule has 3 heterocycles. The number of carbonyl (C=O) groups excluding carboxylic acids is 1. The highest BCUT2D eigenvalue weighted by Crippen LogP contribution is 2.50. The zero-order valence-electron chi connectivity index (χ0n) is 21.8. The lowest BCUT2D eigenvalue weighted by molar-refractivity contribution is -0.144. The van der Waals surface area contributed by atoms with Crippen molar-refractivity contribution in [2.45, 2.75) is 57.1 Å². The summed E-state index contributed by atoms with van der Waals surface area (Å²) in [6.07, 6.45) is -1.40. The Balaban J connectivity index is 1.59. The topological polar surface area (TPSA) is 180 Å². The van der Waals surface area contributed by atoms with Crippen LogP contribution in [0.25, 0.3) is 5.52 Å². The molecule has 0 radical (unpaired) electrons. The van der Waals surface area contributed by atoms with Crippen molar-refractivity contribution in [3.63, 3.8) is 0 Å². The van der Waals surface area contributed by atoms with Gasteiger partial charge in [0, 0.05) is 5.02 Å². The maximum Gasteiger partial charge on any atom is 0.459 e. The Morgan fingerprint density at radius 2 is 2.00 bits per heavy atom. The molecule has 39 heavy (non-hydrogen) atoms. The summed E-state index contributed by atoms with van der Waals surface area (Å²) in [5, 5.41) is 29.7. The number of ether oxygens (including phenoxy) is 2. The van der Waals surface area contributed by atoms with Gasteiger partial charge in [-0.15, -0.1) is 0 Å². The lowest BCUT2D eigenvalue weighted by Crippen LogP contribution is -2.51. The van der Waals surface area contributed by atoms with Gasteiger partial charge in [0.05, 0.1) is 18.9 Å². The van der Waals surface area contributed by atoms with E-state index in [2.05, 4.69) is 15.2 Å². The molecule has 1 unspecified atom stereocenters. The molecular weight excluding hydrogens is 553 g/mol. The van der Waals surface area contributed by atoms with Crippen LogP contribution in [-0.2, 0) is 29.0 Å². The van der Waals surface area contributed by atoms with Crippen molar-refractivity contribution in [3.8, 4) is 5.75 Å². The first-order valence-electron chi connectivity index (χ1n) is 12.1. The van der Waals surface area contributed by atoms with Crippen molar-refractivity contribution in [1.29, 1.82) is 0 Å². The number of benzene rings is 1. The number of carbonyl (C=O) groups is 1. The van der Waals surface area contributed by atoms with Crippen LogP contribution in [0.5, 0.6) is 5.75 Å². The van der Waals surface area contributed by atoms with E-state index in [0.29, 0.717) is 16.2 Å². The predicted octanol–water partition coefficient (Wildman–Crippen LogP) is 2.44. The first-order chi connectivity index (χ1) is 18.3. The Hall–Kier alpha value is -2.77. The van der Waals surface area contributed by atoms with Crippen molar-refractivity contribution >= 4 is 36.7 Å². The van der Waals surface area contributed by atoms with Gasteiger partial charge in [-0.25, -0.2) is 14.1 Å². The number of hydrogen-bond acceptors (Lipinski definition) is 11. The van der Waals surface area contributed by atoms with Gasteiger partial charge in [0.1, 0.15) is 47.0 Å². The molecule has 0 saturated carbocycles. The Kier molecular flexibility index (Phi) is 8.25. The Morgan fingerprint density at radius 1 is 1.31 bits per heavy atom. The molecular formula is C24H31ClN5O8P. The van der Waals surface area contributed by atoms with Crippen molar-refractivity contribution < 1.29 is 38.1 Å². The van der Waals surface area contributed by atoms with Crippen LogP contribution < -0.4 is 15.3 Å². The molecule has 1 aromatic carbocycles. The van der Waals surface area contributed by atoms with E-state index >= 15 is 0 Å². The normalized spacial score (nSPS) is 27.3. The molecule has 6 atom stereocenters. The van der Waals surface area contributed by atoms with E-state index in [4.69, 9.17) is 35.9 Å². The average molecular weight is 584 g/mol. The minimum absolute atomic E-state index is 0.120. The molecule has 1 aliphatic rings. The lowest BCUT2D eigenvalue weighted by atomic mass is 9.81. The number of hydrogen-bond donors (Lipinski definition) is 4. The van der Waals surface area contributed by atoms with Gasteiger partial charge in [0.2, 0.25) is 0 Å². The summed E-state index contributed by atoms with van der Waals surface area (Å²) in [6.45, 7) is 5.71. The van der Waals surface area contributed by atoms with Gasteiger partial charge in [-0.2, -0.15) is 10.2 Å². The Bertz CT molecular complexity index is 1390. The zero-order valence-corrected chi connectivity index (χ0v) is 23.4. The van der Waals surface area contributed by atoms with E-state index in [0.717, 1.165) is 0 Å². The number of nitrogens with one attached hydrogen (secondary N) is 1. The molecule has 0 aliphatic carbocycles. The third kappa shape index (κ3) is 5.62. The van der Waals surface area contributed by atoms with Gasteiger partial charge >= 0.3 is 13.7 Å². The van der Waals surface area contributed by atoms with Gasteiger partial charge in [-0.1, -0.05) is 11.6 Å². The van der Waals surface area contributed by atoms with Crippen LogP contribution in [0.1, 0.15) is 33.4 Å². The molecule has 1 saturated heterocycles. The Labute approximate surface area is 229 Å². The number of nitrogens with two attached hydrogens (primary N) is 1. The SMILES string of the molecule is CCOC(=O)[C@H](C)NP(=O)(OC[C@H]1O[C@@](C)(c2ccc3c(N)ncnn23)[C@](C)(O)[C@@H]1O)Oc1ccc(Cl)cc1. The van der Waals surface area contributed by atoms with Crippen molar-refractivity contribution in [2.75, 3.05) is 18.9 Å². The van der Waals surface area contributed by atoms with E-state index in [-0.39, 0.29) is 18.2 Å². The number of halogens is 1. The molecule has 0 bridgehead atoms.